The summed E-state index contributed by atoms with van der Waals surface area (Å²) in [5.74, 6) is 0.829. The van der Waals surface area contributed by atoms with Gasteiger partial charge in [-0.3, -0.25) is 9.69 Å². The lowest BCUT2D eigenvalue weighted by Gasteiger charge is -2.33. The van der Waals surface area contributed by atoms with Crippen LogP contribution in [-0.4, -0.2) is 79.8 Å². The molecule has 2 aliphatic heterocycles. The second kappa shape index (κ2) is 14.9. The Morgan fingerprint density at radius 1 is 1.07 bits per heavy atom. The molecule has 3 aromatic rings. The minimum absolute atomic E-state index is 0.0732. The van der Waals surface area contributed by atoms with Crippen molar-refractivity contribution in [2.75, 3.05) is 64.9 Å². The van der Waals surface area contributed by atoms with E-state index in [0.717, 1.165) is 79.7 Å². The molecule has 0 radical (unpaired) electrons. The van der Waals surface area contributed by atoms with Crippen molar-refractivity contribution in [2.45, 2.75) is 44.9 Å². The molecule has 2 fully saturated rings. The van der Waals surface area contributed by atoms with Crippen molar-refractivity contribution in [3.8, 4) is 11.1 Å². The van der Waals surface area contributed by atoms with E-state index >= 15 is 0 Å². The first kappa shape index (κ1) is 31.1. The molecule has 2 N–H and O–H groups in total. The van der Waals surface area contributed by atoms with Crippen molar-refractivity contribution in [1.29, 1.82) is 0 Å². The number of nitrogen functional groups attached to an aromatic ring is 1. The molecule has 230 valence electrons. The van der Waals surface area contributed by atoms with Gasteiger partial charge in [0, 0.05) is 63.3 Å². The van der Waals surface area contributed by atoms with E-state index in [1.54, 1.807) is 12.1 Å². The second-order valence-electron chi connectivity index (χ2n) is 12.0. The zero-order chi connectivity index (χ0) is 30.2. The predicted octanol–water partition coefficient (Wildman–Crippen LogP) is 6.04. The predicted molar refractivity (Wildman–Crippen MR) is 170 cm³/mol. The van der Waals surface area contributed by atoms with Crippen molar-refractivity contribution in [2.24, 2.45) is 5.92 Å². The summed E-state index contributed by atoms with van der Waals surface area (Å²) in [6, 6.07) is 14.7. The van der Waals surface area contributed by atoms with Gasteiger partial charge in [0.1, 0.15) is 11.6 Å². The highest BCUT2D eigenvalue weighted by Gasteiger charge is 2.29. The highest BCUT2D eigenvalue weighted by molar-refractivity contribution is 5.86. The van der Waals surface area contributed by atoms with Crippen LogP contribution in [0.4, 0.5) is 10.2 Å². The minimum atomic E-state index is -0.256. The van der Waals surface area contributed by atoms with E-state index in [0.29, 0.717) is 56.4 Å². The number of fused-ring (bicyclic) bond motifs is 1. The van der Waals surface area contributed by atoms with Crippen molar-refractivity contribution in [3.63, 3.8) is 0 Å². The highest BCUT2D eigenvalue weighted by atomic mass is 19.1. The molecule has 43 heavy (non-hydrogen) atoms. The number of carbonyl (C=O) groups excluding carboxylic acids is 1. The van der Waals surface area contributed by atoms with E-state index in [9.17, 15) is 9.18 Å². The Bertz CT molecular complexity index is 1400. The fourth-order valence-corrected chi connectivity index (χ4v) is 6.34. The number of pyridine rings is 1. The lowest BCUT2D eigenvalue weighted by atomic mass is 9.78. The number of carbonyl (C=O) groups is 1. The summed E-state index contributed by atoms with van der Waals surface area (Å²) in [7, 11) is 0. The number of halogens is 1. The van der Waals surface area contributed by atoms with Crippen molar-refractivity contribution in [3.05, 3.63) is 72.1 Å². The Kier molecular flexibility index (Phi) is 10.8. The third kappa shape index (κ3) is 8.19. The van der Waals surface area contributed by atoms with Gasteiger partial charge in [-0.15, -0.1) is 6.58 Å². The number of hydrogen-bond acceptors (Lipinski definition) is 6. The van der Waals surface area contributed by atoms with Crippen molar-refractivity contribution in [1.82, 2.24) is 14.8 Å². The van der Waals surface area contributed by atoms with E-state index < -0.39 is 0 Å². The minimum Gasteiger partial charge on any atom is -0.383 e. The average Bonchev–Trinajstić information content (AvgIpc) is 3.02. The van der Waals surface area contributed by atoms with Gasteiger partial charge >= 0.3 is 0 Å². The number of nitrogens with two attached hydrogens (primary N) is 1. The summed E-state index contributed by atoms with van der Waals surface area (Å²) in [6.45, 7) is 13.0. The maximum absolute atomic E-state index is 14.6. The van der Waals surface area contributed by atoms with Gasteiger partial charge in [-0.25, -0.2) is 9.37 Å². The van der Waals surface area contributed by atoms with Crippen LogP contribution < -0.4 is 5.73 Å². The monoisotopic (exact) mass is 588 g/mol. The average molecular weight is 589 g/mol. The van der Waals surface area contributed by atoms with E-state index in [4.69, 9.17) is 20.2 Å². The summed E-state index contributed by atoms with van der Waals surface area (Å²) < 4.78 is 25.8. The highest BCUT2D eigenvalue weighted by Crippen LogP contribution is 2.39. The van der Waals surface area contributed by atoms with Crippen LogP contribution in [0.1, 0.15) is 50.5 Å². The number of hydrogen-bond donors (Lipinski definition) is 1. The molecule has 0 spiro atoms. The molecule has 5 rings (SSSR count). The van der Waals surface area contributed by atoms with Gasteiger partial charge in [0.15, 0.2) is 0 Å². The number of morpholine rings is 1. The lowest BCUT2D eigenvalue weighted by molar-refractivity contribution is -0.131. The summed E-state index contributed by atoms with van der Waals surface area (Å²) in [6.07, 6.45) is 3.76. The molecule has 1 atom stereocenters. The van der Waals surface area contributed by atoms with Crippen molar-refractivity contribution >= 4 is 22.6 Å². The molecule has 1 unspecified atom stereocenters. The van der Waals surface area contributed by atoms with E-state index in [1.165, 1.54) is 6.07 Å². The van der Waals surface area contributed by atoms with Crippen LogP contribution in [0.5, 0.6) is 0 Å². The third-order valence-electron chi connectivity index (χ3n) is 8.91. The van der Waals surface area contributed by atoms with Gasteiger partial charge in [0.25, 0.3) is 0 Å². The number of rotatable bonds is 12. The van der Waals surface area contributed by atoms with Gasteiger partial charge in [0.2, 0.25) is 5.91 Å². The third-order valence-corrected chi connectivity index (χ3v) is 8.91. The molecule has 8 heteroatoms. The lowest BCUT2D eigenvalue weighted by Crippen LogP contribution is -2.43. The largest absolute Gasteiger partial charge is 0.383 e. The zero-order valence-electron chi connectivity index (χ0n) is 25.4. The standard InChI is InChI=1S/C35H45FN4O3/c1-25(2)11-14-40(16-15-39-17-21-43-22-18-39)34(41)10-8-29(26-12-19-42-20-13-26)31-24-28-23-27(7-9-33(28)38-35(31)37)30-5-3-4-6-32(30)36/h3-7,9,23-24,26,29H,1,8,10-22H2,2H3,(H2,37,38). The first-order valence-corrected chi connectivity index (χ1v) is 15.6. The Labute approximate surface area is 254 Å². The fourth-order valence-electron chi connectivity index (χ4n) is 6.34. The molecule has 0 aliphatic carbocycles. The smallest absolute Gasteiger partial charge is 0.222 e. The fraction of sp³-hybridized carbons (Fsp3) is 0.486. The van der Waals surface area contributed by atoms with Crippen LogP contribution in [0, 0.1) is 11.7 Å². The first-order valence-electron chi connectivity index (χ1n) is 15.6. The van der Waals surface area contributed by atoms with Crippen molar-refractivity contribution < 1.29 is 18.7 Å². The molecule has 0 saturated carbocycles. The molecule has 2 aromatic carbocycles. The van der Waals surface area contributed by atoms with Crippen LogP contribution in [0.2, 0.25) is 0 Å². The van der Waals surface area contributed by atoms with Crippen LogP contribution in [0.3, 0.4) is 0 Å². The van der Waals surface area contributed by atoms with Crippen LogP contribution >= 0.6 is 0 Å². The van der Waals surface area contributed by atoms with E-state index in [1.807, 2.05) is 36.1 Å². The molecular weight excluding hydrogens is 543 g/mol. The summed E-state index contributed by atoms with van der Waals surface area (Å²) in [5.41, 5.74) is 10.8. The van der Waals surface area contributed by atoms with Gasteiger partial charge in [-0.1, -0.05) is 29.8 Å². The SMILES string of the molecule is C=C(C)CCN(CCN1CCOCC1)C(=O)CCC(c1cc2cc(-c3ccccc3F)ccc2nc1N)C1CCOCC1. The number of anilines is 1. The summed E-state index contributed by atoms with van der Waals surface area (Å²) in [4.78, 5) is 22.9. The van der Waals surface area contributed by atoms with Gasteiger partial charge in [0.05, 0.1) is 18.7 Å². The molecule has 1 aromatic heterocycles. The molecule has 3 heterocycles. The number of amides is 1. The molecule has 2 saturated heterocycles. The van der Waals surface area contributed by atoms with Gasteiger partial charge in [-0.05, 0) is 79.8 Å². The molecule has 1 amide bonds. The molecule has 0 bridgehead atoms. The first-order chi connectivity index (χ1) is 20.9. The van der Waals surface area contributed by atoms with Crippen LogP contribution in [-0.2, 0) is 14.3 Å². The van der Waals surface area contributed by atoms with Gasteiger partial charge in [-0.2, -0.15) is 0 Å². The van der Waals surface area contributed by atoms with Crippen LogP contribution in [0.25, 0.3) is 22.0 Å². The normalized spacial score (nSPS) is 17.2. The zero-order valence-corrected chi connectivity index (χ0v) is 25.4. The second-order valence-corrected chi connectivity index (χ2v) is 12.0. The summed E-state index contributed by atoms with van der Waals surface area (Å²) >= 11 is 0. The number of aromatic nitrogens is 1. The molecule has 7 nitrogen and oxygen atoms in total. The Hall–Kier alpha value is -3.33. The van der Waals surface area contributed by atoms with Gasteiger partial charge < -0.3 is 20.1 Å². The molecular formula is C35H45FN4O3. The molecule has 2 aliphatic rings. The summed E-state index contributed by atoms with van der Waals surface area (Å²) in [5, 5.41) is 0.918. The maximum atomic E-state index is 14.6. The van der Waals surface area contributed by atoms with E-state index in [2.05, 4.69) is 17.5 Å². The number of nitrogens with zero attached hydrogens (tertiary/aromatic N) is 3. The Morgan fingerprint density at radius 3 is 2.56 bits per heavy atom. The van der Waals surface area contributed by atoms with E-state index in [-0.39, 0.29) is 17.6 Å². The Balaban J connectivity index is 1.37. The quantitative estimate of drug-likeness (QED) is 0.260. The topological polar surface area (TPSA) is 80.9 Å². The van der Waals surface area contributed by atoms with Crippen LogP contribution in [0.15, 0.2) is 60.7 Å². The number of ether oxygens (including phenoxy) is 2. The number of benzene rings is 2. The Morgan fingerprint density at radius 2 is 1.81 bits per heavy atom. The maximum Gasteiger partial charge on any atom is 0.222 e.